The summed E-state index contributed by atoms with van der Waals surface area (Å²) in [7, 11) is -0.567. The summed E-state index contributed by atoms with van der Waals surface area (Å²) in [6.45, 7) is 7.82. The molecular formula is C18H21BClNO3. The molecule has 0 amide bonds. The van der Waals surface area contributed by atoms with Gasteiger partial charge in [-0.1, -0.05) is 29.8 Å². The molecule has 1 fully saturated rings. The minimum atomic E-state index is -0.567. The summed E-state index contributed by atoms with van der Waals surface area (Å²) in [4.78, 5) is 4.34. The maximum atomic E-state index is 9.78. The molecule has 1 aliphatic rings. The van der Waals surface area contributed by atoms with Gasteiger partial charge in [-0.2, -0.15) is 0 Å². The molecule has 0 atom stereocenters. The van der Waals surface area contributed by atoms with Crippen LogP contribution in [0, 0.1) is 0 Å². The summed E-state index contributed by atoms with van der Waals surface area (Å²) in [5.74, 6) is 0. The summed E-state index contributed by atoms with van der Waals surface area (Å²) in [5, 5.41) is 11.4. The van der Waals surface area contributed by atoms with Crippen molar-refractivity contribution in [3.05, 3.63) is 46.5 Å². The highest BCUT2D eigenvalue weighted by atomic mass is 35.5. The van der Waals surface area contributed by atoms with Gasteiger partial charge in [0.15, 0.2) is 0 Å². The summed E-state index contributed by atoms with van der Waals surface area (Å²) in [5.41, 5.74) is 1.52. The number of rotatable bonds is 3. The second-order valence-corrected chi connectivity index (χ2v) is 7.44. The molecule has 1 aromatic heterocycles. The van der Waals surface area contributed by atoms with Gasteiger partial charge in [-0.25, -0.2) is 0 Å². The number of pyridine rings is 1. The van der Waals surface area contributed by atoms with Crippen LogP contribution in [0.4, 0.5) is 0 Å². The van der Waals surface area contributed by atoms with E-state index in [-0.39, 0.29) is 6.61 Å². The Morgan fingerprint density at radius 2 is 1.88 bits per heavy atom. The SMILES string of the molecule is CC1(C)OB(C(=Cc2ccc3c(Cl)ccnc3c2)CO)OC1(C)C. The van der Waals surface area contributed by atoms with E-state index in [0.29, 0.717) is 10.5 Å². The van der Waals surface area contributed by atoms with Crippen LogP contribution >= 0.6 is 11.6 Å². The molecule has 0 aliphatic carbocycles. The van der Waals surface area contributed by atoms with E-state index in [9.17, 15) is 5.11 Å². The van der Waals surface area contributed by atoms with Crippen molar-refractivity contribution in [1.82, 2.24) is 4.98 Å². The monoisotopic (exact) mass is 345 g/mol. The summed E-state index contributed by atoms with van der Waals surface area (Å²) in [6, 6.07) is 7.57. The van der Waals surface area contributed by atoms with Gasteiger partial charge in [-0.15, -0.1) is 0 Å². The molecule has 0 unspecified atom stereocenters. The van der Waals surface area contributed by atoms with Gasteiger partial charge in [-0.3, -0.25) is 4.98 Å². The van der Waals surface area contributed by atoms with Crippen molar-refractivity contribution in [2.24, 2.45) is 0 Å². The molecule has 4 nitrogen and oxygen atoms in total. The lowest BCUT2D eigenvalue weighted by atomic mass is 9.77. The Morgan fingerprint density at radius 3 is 2.50 bits per heavy atom. The Bertz CT molecular complexity index is 788. The van der Waals surface area contributed by atoms with Crippen molar-refractivity contribution in [3.8, 4) is 0 Å². The second kappa shape index (κ2) is 6.15. The molecule has 1 N–H and O–H groups in total. The summed E-state index contributed by atoms with van der Waals surface area (Å²) >= 11 is 6.17. The zero-order chi connectivity index (χ0) is 17.5. The lowest BCUT2D eigenvalue weighted by Gasteiger charge is -2.32. The Kier molecular flexibility index (Phi) is 4.47. The van der Waals surface area contributed by atoms with Crippen molar-refractivity contribution in [3.63, 3.8) is 0 Å². The molecule has 1 aromatic carbocycles. The highest BCUT2D eigenvalue weighted by Gasteiger charge is 2.52. The zero-order valence-electron chi connectivity index (χ0n) is 14.3. The average Bonchev–Trinajstić information content (AvgIpc) is 2.73. The topological polar surface area (TPSA) is 51.6 Å². The van der Waals surface area contributed by atoms with Gasteiger partial charge in [-0.05, 0) is 50.9 Å². The number of fused-ring (bicyclic) bond motifs is 1. The van der Waals surface area contributed by atoms with Gasteiger partial charge < -0.3 is 14.4 Å². The molecular weight excluding hydrogens is 324 g/mol. The standard InChI is InChI=1S/C18H21BClNO3/c1-17(2)18(3,4)24-19(23-17)13(11-22)9-12-5-6-14-15(20)7-8-21-16(14)10-12/h5-10,22H,11H2,1-4H3. The van der Waals surface area contributed by atoms with Crippen LogP contribution in [0.15, 0.2) is 35.9 Å². The van der Waals surface area contributed by atoms with E-state index in [0.717, 1.165) is 16.5 Å². The smallest absolute Gasteiger partial charge is 0.400 e. The van der Waals surface area contributed by atoms with Gasteiger partial charge >= 0.3 is 7.12 Å². The number of benzene rings is 1. The predicted molar refractivity (Wildman–Crippen MR) is 97.9 cm³/mol. The number of aromatic nitrogens is 1. The Balaban J connectivity index is 1.94. The molecule has 0 radical (unpaired) electrons. The first-order valence-corrected chi connectivity index (χ1v) is 8.32. The second-order valence-electron chi connectivity index (χ2n) is 7.03. The first-order valence-electron chi connectivity index (χ1n) is 7.95. The molecule has 0 saturated carbocycles. The van der Waals surface area contributed by atoms with E-state index in [2.05, 4.69) is 4.98 Å². The molecule has 6 heteroatoms. The molecule has 126 valence electrons. The number of halogens is 1. The number of aliphatic hydroxyl groups is 1. The predicted octanol–water partition coefficient (Wildman–Crippen LogP) is 3.90. The fraction of sp³-hybridized carbons (Fsp3) is 0.389. The zero-order valence-corrected chi connectivity index (χ0v) is 15.1. The Hall–Kier alpha value is -1.40. The highest BCUT2D eigenvalue weighted by molar-refractivity contribution is 6.55. The molecule has 2 heterocycles. The van der Waals surface area contributed by atoms with Gasteiger partial charge in [0.1, 0.15) is 0 Å². The van der Waals surface area contributed by atoms with Crippen LogP contribution in [-0.2, 0) is 9.31 Å². The van der Waals surface area contributed by atoms with Crippen molar-refractivity contribution < 1.29 is 14.4 Å². The van der Waals surface area contributed by atoms with Gasteiger partial charge in [0.2, 0.25) is 0 Å². The number of nitrogens with zero attached hydrogens (tertiary/aromatic N) is 1. The molecule has 1 aliphatic heterocycles. The number of hydrogen-bond donors (Lipinski definition) is 1. The first-order chi connectivity index (χ1) is 11.2. The lowest BCUT2D eigenvalue weighted by molar-refractivity contribution is 0.00578. The lowest BCUT2D eigenvalue weighted by Crippen LogP contribution is -2.41. The molecule has 24 heavy (non-hydrogen) atoms. The van der Waals surface area contributed by atoms with E-state index in [1.807, 2.05) is 52.0 Å². The third-order valence-electron chi connectivity index (χ3n) is 4.80. The quantitative estimate of drug-likeness (QED) is 0.857. The van der Waals surface area contributed by atoms with Crippen LogP contribution in [0.2, 0.25) is 5.02 Å². The van der Waals surface area contributed by atoms with Crippen molar-refractivity contribution in [2.75, 3.05) is 6.61 Å². The fourth-order valence-corrected chi connectivity index (χ4v) is 2.83. The van der Waals surface area contributed by atoms with Gasteiger partial charge in [0.05, 0.1) is 28.3 Å². The van der Waals surface area contributed by atoms with E-state index in [4.69, 9.17) is 20.9 Å². The third-order valence-corrected chi connectivity index (χ3v) is 5.13. The van der Waals surface area contributed by atoms with Crippen molar-refractivity contribution in [2.45, 2.75) is 38.9 Å². The van der Waals surface area contributed by atoms with Crippen LogP contribution < -0.4 is 0 Å². The molecule has 1 saturated heterocycles. The minimum absolute atomic E-state index is 0.141. The summed E-state index contributed by atoms with van der Waals surface area (Å²) < 4.78 is 12.0. The van der Waals surface area contributed by atoms with Crippen LogP contribution in [0.3, 0.4) is 0 Å². The molecule has 0 bridgehead atoms. The first kappa shape index (κ1) is 17.4. The molecule has 2 aromatic rings. The van der Waals surface area contributed by atoms with E-state index in [1.54, 1.807) is 12.3 Å². The Morgan fingerprint density at radius 1 is 1.21 bits per heavy atom. The molecule has 0 spiro atoms. The fourth-order valence-electron chi connectivity index (χ4n) is 2.62. The number of aliphatic hydroxyl groups excluding tert-OH is 1. The van der Waals surface area contributed by atoms with Gasteiger partial charge in [0.25, 0.3) is 0 Å². The van der Waals surface area contributed by atoms with Crippen LogP contribution in [0.1, 0.15) is 33.3 Å². The van der Waals surface area contributed by atoms with E-state index >= 15 is 0 Å². The van der Waals surface area contributed by atoms with Crippen molar-refractivity contribution in [1.29, 1.82) is 0 Å². The minimum Gasteiger partial charge on any atom is -0.400 e. The molecule has 3 rings (SSSR count). The van der Waals surface area contributed by atoms with Crippen LogP contribution in [-0.4, -0.2) is 35.0 Å². The van der Waals surface area contributed by atoms with Crippen LogP contribution in [0.5, 0.6) is 0 Å². The highest BCUT2D eigenvalue weighted by Crippen LogP contribution is 2.38. The maximum Gasteiger partial charge on any atom is 0.492 e. The summed E-state index contributed by atoms with van der Waals surface area (Å²) in [6.07, 6.45) is 3.56. The third kappa shape index (κ3) is 3.09. The Labute approximate surface area is 147 Å². The number of hydrogen-bond acceptors (Lipinski definition) is 4. The maximum absolute atomic E-state index is 9.78. The van der Waals surface area contributed by atoms with Crippen molar-refractivity contribution >= 4 is 35.7 Å². The van der Waals surface area contributed by atoms with Gasteiger partial charge in [0, 0.05) is 11.6 Å². The van der Waals surface area contributed by atoms with E-state index < -0.39 is 18.3 Å². The largest absolute Gasteiger partial charge is 0.492 e. The normalized spacial score (nSPS) is 19.9. The average molecular weight is 346 g/mol. The van der Waals surface area contributed by atoms with Crippen LogP contribution in [0.25, 0.3) is 17.0 Å². The van der Waals surface area contributed by atoms with E-state index in [1.165, 1.54) is 0 Å².